The van der Waals surface area contributed by atoms with Crippen LogP contribution in [0, 0.1) is 5.41 Å². The van der Waals surface area contributed by atoms with E-state index in [9.17, 15) is 4.79 Å². The summed E-state index contributed by atoms with van der Waals surface area (Å²) in [5.74, 6) is 0.262. The van der Waals surface area contributed by atoms with Crippen molar-refractivity contribution in [2.24, 2.45) is 5.41 Å². The normalized spacial score (nSPS) is 18.9. The fraction of sp³-hybridized carbons (Fsp3) is 0.500. The monoisotopic (exact) mass is 295 g/mol. The Kier molecular flexibility index (Phi) is 3.57. The molecule has 1 aliphatic rings. The second kappa shape index (κ2) is 4.81. The van der Waals surface area contributed by atoms with Crippen molar-refractivity contribution >= 4 is 27.4 Å². The molecule has 92 valence electrons. The summed E-state index contributed by atoms with van der Waals surface area (Å²) >= 11 is 3.38. The summed E-state index contributed by atoms with van der Waals surface area (Å²) in [5.41, 5.74) is 7.02. The van der Waals surface area contributed by atoms with Crippen LogP contribution in [-0.2, 0) is 0 Å². The fourth-order valence-corrected chi connectivity index (χ4v) is 2.95. The number of nitrogen functional groups attached to an aromatic ring is 1. The van der Waals surface area contributed by atoms with Crippen molar-refractivity contribution < 1.29 is 4.79 Å². The van der Waals surface area contributed by atoms with Gasteiger partial charge in [-0.1, -0.05) is 26.2 Å². The first-order valence-corrected chi connectivity index (χ1v) is 6.92. The molecule has 0 unspecified atom stereocenters. The van der Waals surface area contributed by atoms with E-state index in [4.69, 9.17) is 5.73 Å². The van der Waals surface area contributed by atoms with E-state index in [2.05, 4.69) is 22.9 Å². The predicted octanol–water partition coefficient (Wildman–Crippen LogP) is 4.18. The van der Waals surface area contributed by atoms with E-state index < -0.39 is 0 Å². The Labute approximate surface area is 111 Å². The SMILES string of the molecule is CC1(C(=O)c2ccc(N)c(Br)c2)CCCCC1. The highest BCUT2D eigenvalue weighted by atomic mass is 79.9. The van der Waals surface area contributed by atoms with Crippen LogP contribution in [0.4, 0.5) is 5.69 Å². The lowest BCUT2D eigenvalue weighted by Gasteiger charge is -2.32. The zero-order valence-electron chi connectivity index (χ0n) is 10.1. The Hall–Kier alpha value is -0.830. The van der Waals surface area contributed by atoms with Crippen LogP contribution < -0.4 is 5.73 Å². The largest absolute Gasteiger partial charge is 0.398 e. The number of benzene rings is 1. The van der Waals surface area contributed by atoms with Crippen LogP contribution in [0.5, 0.6) is 0 Å². The fourth-order valence-electron chi connectivity index (χ4n) is 2.58. The first-order chi connectivity index (χ1) is 8.03. The number of carbonyl (C=O) groups excluding carboxylic acids is 1. The van der Waals surface area contributed by atoms with Gasteiger partial charge in [-0.25, -0.2) is 0 Å². The van der Waals surface area contributed by atoms with Crippen LogP contribution in [0.1, 0.15) is 49.4 Å². The van der Waals surface area contributed by atoms with Crippen molar-refractivity contribution in [1.29, 1.82) is 0 Å². The zero-order chi connectivity index (χ0) is 12.5. The maximum Gasteiger partial charge on any atom is 0.168 e. The van der Waals surface area contributed by atoms with Crippen molar-refractivity contribution in [2.75, 3.05) is 5.73 Å². The molecule has 17 heavy (non-hydrogen) atoms. The van der Waals surface area contributed by atoms with E-state index in [1.807, 2.05) is 12.1 Å². The third-order valence-electron chi connectivity index (χ3n) is 3.77. The highest BCUT2D eigenvalue weighted by Crippen LogP contribution is 2.39. The molecule has 2 N–H and O–H groups in total. The van der Waals surface area contributed by atoms with Gasteiger partial charge in [-0.05, 0) is 47.0 Å². The number of rotatable bonds is 2. The minimum absolute atomic E-state index is 0.173. The molecule has 0 bridgehead atoms. The van der Waals surface area contributed by atoms with Crippen LogP contribution >= 0.6 is 15.9 Å². The number of hydrogen-bond acceptors (Lipinski definition) is 2. The van der Waals surface area contributed by atoms with Crippen molar-refractivity contribution in [3.63, 3.8) is 0 Å². The second-order valence-electron chi connectivity index (χ2n) is 5.19. The van der Waals surface area contributed by atoms with Crippen molar-refractivity contribution in [2.45, 2.75) is 39.0 Å². The molecule has 1 aromatic rings. The Bertz CT molecular complexity index is 436. The summed E-state index contributed by atoms with van der Waals surface area (Å²) in [7, 11) is 0. The van der Waals surface area contributed by atoms with E-state index in [0.29, 0.717) is 5.69 Å². The van der Waals surface area contributed by atoms with E-state index in [0.717, 1.165) is 22.9 Å². The molecule has 3 heteroatoms. The van der Waals surface area contributed by atoms with Gasteiger partial charge < -0.3 is 5.73 Å². The number of halogens is 1. The van der Waals surface area contributed by atoms with Gasteiger partial charge in [0.05, 0.1) is 0 Å². The average molecular weight is 296 g/mol. The molecule has 1 aliphatic carbocycles. The molecule has 0 atom stereocenters. The van der Waals surface area contributed by atoms with Crippen molar-refractivity contribution in [3.05, 3.63) is 28.2 Å². The Balaban J connectivity index is 2.26. The van der Waals surface area contributed by atoms with Crippen LogP contribution in [-0.4, -0.2) is 5.78 Å². The number of hydrogen-bond donors (Lipinski definition) is 1. The van der Waals surface area contributed by atoms with Gasteiger partial charge in [0, 0.05) is 21.1 Å². The van der Waals surface area contributed by atoms with E-state index >= 15 is 0 Å². The molecule has 2 nitrogen and oxygen atoms in total. The third-order valence-corrected chi connectivity index (χ3v) is 4.45. The second-order valence-corrected chi connectivity index (χ2v) is 6.04. The molecule has 0 heterocycles. The summed E-state index contributed by atoms with van der Waals surface area (Å²) in [6, 6.07) is 5.48. The molecule has 0 aromatic heterocycles. The molecule has 1 aromatic carbocycles. The molecule has 0 amide bonds. The molecule has 0 aliphatic heterocycles. The number of anilines is 1. The lowest BCUT2D eigenvalue weighted by molar-refractivity contribution is 0.0749. The summed E-state index contributed by atoms with van der Waals surface area (Å²) in [6.07, 6.45) is 5.60. The van der Waals surface area contributed by atoms with Gasteiger partial charge in [-0.2, -0.15) is 0 Å². The van der Waals surface area contributed by atoms with Gasteiger partial charge >= 0.3 is 0 Å². The van der Waals surface area contributed by atoms with E-state index in [1.165, 1.54) is 19.3 Å². The molecule has 1 fully saturated rings. The van der Waals surface area contributed by atoms with Gasteiger partial charge in [0.15, 0.2) is 5.78 Å². The Morgan fingerprint density at radius 3 is 2.53 bits per heavy atom. The van der Waals surface area contributed by atoms with Gasteiger partial charge in [0.2, 0.25) is 0 Å². The van der Waals surface area contributed by atoms with Gasteiger partial charge in [-0.15, -0.1) is 0 Å². The first kappa shape index (κ1) is 12.6. The van der Waals surface area contributed by atoms with Crippen LogP contribution in [0.15, 0.2) is 22.7 Å². The highest BCUT2D eigenvalue weighted by molar-refractivity contribution is 9.10. The van der Waals surface area contributed by atoms with Gasteiger partial charge in [0.25, 0.3) is 0 Å². The lowest BCUT2D eigenvalue weighted by atomic mass is 9.71. The van der Waals surface area contributed by atoms with Gasteiger partial charge in [0.1, 0.15) is 0 Å². The van der Waals surface area contributed by atoms with Crippen LogP contribution in [0.25, 0.3) is 0 Å². The molecule has 0 spiro atoms. The summed E-state index contributed by atoms with van der Waals surface area (Å²) < 4.78 is 0.808. The first-order valence-electron chi connectivity index (χ1n) is 6.13. The molecular formula is C14H18BrNO. The minimum Gasteiger partial charge on any atom is -0.398 e. The molecular weight excluding hydrogens is 278 g/mol. The maximum atomic E-state index is 12.5. The molecule has 0 radical (unpaired) electrons. The summed E-state index contributed by atoms with van der Waals surface area (Å²) in [6.45, 7) is 2.10. The van der Waals surface area contributed by atoms with Crippen molar-refractivity contribution in [3.8, 4) is 0 Å². The summed E-state index contributed by atoms with van der Waals surface area (Å²) in [5, 5.41) is 0. The van der Waals surface area contributed by atoms with Crippen LogP contribution in [0.3, 0.4) is 0 Å². The quantitative estimate of drug-likeness (QED) is 0.657. The predicted molar refractivity (Wildman–Crippen MR) is 74.1 cm³/mol. The highest BCUT2D eigenvalue weighted by Gasteiger charge is 2.35. The number of carbonyl (C=O) groups is 1. The van der Waals surface area contributed by atoms with Gasteiger partial charge in [-0.3, -0.25) is 4.79 Å². The average Bonchev–Trinajstić information content (AvgIpc) is 2.33. The van der Waals surface area contributed by atoms with Crippen LogP contribution in [0.2, 0.25) is 0 Å². The van der Waals surface area contributed by atoms with E-state index in [1.54, 1.807) is 6.07 Å². The third kappa shape index (κ3) is 2.54. The Morgan fingerprint density at radius 1 is 1.29 bits per heavy atom. The topological polar surface area (TPSA) is 43.1 Å². The van der Waals surface area contributed by atoms with E-state index in [-0.39, 0.29) is 11.2 Å². The maximum absolute atomic E-state index is 12.5. The minimum atomic E-state index is -0.173. The number of Topliss-reactive ketones (excluding diaryl/α,β-unsaturated/α-hetero) is 1. The standard InChI is InChI=1S/C14H18BrNO/c1-14(7-3-2-4-8-14)13(17)10-5-6-12(16)11(15)9-10/h5-6,9H,2-4,7-8,16H2,1H3. The molecule has 0 saturated heterocycles. The zero-order valence-corrected chi connectivity index (χ0v) is 11.7. The number of ketones is 1. The summed E-state index contributed by atoms with van der Waals surface area (Å²) in [4.78, 5) is 12.5. The number of nitrogens with two attached hydrogens (primary N) is 1. The van der Waals surface area contributed by atoms with Crippen molar-refractivity contribution in [1.82, 2.24) is 0 Å². The molecule has 2 rings (SSSR count). The molecule has 1 saturated carbocycles. The Morgan fingerprint density at radius 2 is 1.94 bits per heavy atom. The smallest absolute Gasteiger partial charge is 0.168 e. The lowest BCUT2D eigenvalue weighted by Crippen LogP contribution is -2.30.